The lowest BCUT2D eigenvalue weighted by Crippen LogP contribution is -1.95. The number of aromatic nitrogens is 2. The Morgan fingerprint density at radius 3 is 2.77 bits per heavy atom. The van der Waals surface area contributed by atoms with E-state index in [1.165, 1.54) is 4.88 Å². The summed E-state index contributed by atoms with van der Waals surface area (Å²) in [5.41, 5.74) is 2.85. The smallest absolute Gasteiger partial charge is 0.194 e. The third-order valence-electron chi connectivity index (χ3n) is 3.39. The fourth-order valence-corrected chi connectivity index (χ4v) is 3.25. The van der Waals surface area contributed by atoms with Crippen molar-refractivity contribution < 1.29 is 4.74 Å². The van der Waals surface area contributed by atoms with E-state index in [0.29, 0.717) is 6.42 Å². The van der Waals surface area contributed by atoms with Crippen LogP contribution in [0.2, 0.25) is 0 Å². The summed E-state index contributed by atoms with van der Waals surface area (Å²) in [7, 11) is 0. The Kier molecular flexibility index (Phi) is 4.12. The molecule has 0 atom stereocenters. The first-order chi connectivity index (χ1) is 10.7. The molecule has 3 aromatic rings. The molecule has 0 unspecified atom stereocenters. The van der Waals surface area contributed by atoms with Crippen molar-refractivity contribution in [3.63, 3.8) is 0 Å². The highest BCUT2D eigenvalue weighted by atomic mass is 32.1. The number of nitriles is 1. The maximum atomic E-state index is 9.11. The average molecular weight is 311 g/mol. The molecule has 2 heterocycles. The summed E-state index contributed by atoms with van der Waals surface area (Å²) in [5.74, 6) is 0.865. The Balaban J connectivity index is 2.00. The zero-order valence-corrected chi connectivity index (χ0v) is 13.5. The van der Waals surface area contributed by atoms with Crippen LogP contribution in [-0.4, -0.2) is 16.0 Å². The second-order valence-electron chi connectivity index (χ2n) is 5.11. The molecule has 0 radical (unpaired) electrons. The monoisotopic (exact) mass is 311 g/mol. The van der Waals surface area contributed by atoms with Gasteiger partial charge < -0.3 is 4.74 Å². The number of hydrogen-bond donors (Lipinski definition) is 0. The maximum absolute atomic E-state index is 9.11. The largest absolute Gasteiger partial charge is 0.494 e. The molecular formula is C17H17N3OS. The van der Waals surface area contributed by atoms with Crippen LogP contribution in [0, 0.1) is 18.3 Å². The number of fused-ring (bicyclic) bond motifs is 1. The van der Waals surface area contributed by atoms with E-state index in [4.69, 9.17) is 15.0 Å². The number of nitrogens with zero attached hydrogens (tertiary/aromatic N) is 3. The zero-order valence-electron chi connectivity index (χ0n) is 12.7. The molecule has 0 amide bonds. The van der Waals surface area contributed by atoms with Crippen LogP contribution in [-0.2, 0) is 6.42 Å². The van der Waals surface area contributed by atoms with Gasteiger partial charge in [0, 0.05) is 16.6 Å². The van der Waals surface area contributed by atoms with E-state index in [9.17, 15) is 0 Å². The number of ether oxygens (including phenoxy) is 1. The van der Waals surface area contributed by atoms with Gasteiger partial charge in [-0.25, -0.2) is 4.98 Å². The van der Waals surface area contributed by atoms with Crippen LogP contribution in [0.4, 0.5) is 0 Å². The van der Waals surface area contributed by atoms with Gasteiger partial charge in [0.15, 0.2) is 4.96 Å². The third kappa shape index (κ3) is 2.70. The van der Waals surface area contributed by atoms with Gasteiger partial charge in [0.25, 0.3) is 0 Å². The summed E-state index contributed by atoms with van der Waals surface area (Å²) in [4.78, 5) is 6.83. The van der Waals surface area contributed by atoms with Crippen LogP contribution in [0.25, 0.3) is 16.2 Å². The Hall–Kier alpha value is -2.32. The van der Waals surface area contributed by atoms with Crippen molar-refractivity contribution in [3.05, 3.63) is 41.0 Å². The lowest BCUT2D eigenvalue weighted by atomic mass is 10.1. The molecule has 0 spiro atoms. The van der Waals surface area contributed by atoms with Crippen LogP contribution in [0.1, 0.15) is 23.9 Å². The SMILES string of the molecule is CCCOc1ccc(-c2nc3sc(C)cn3c2CC#N)cc1. The predicted molar refractivity (Wildman–Crippen MR) is 88.3 cm³/mol. The van der Waals surface area contributed by atoms with Crippen molar-refractivity contribution in [2.24, 2.45) is 0 Å². The molecule has 5 heteroatoms. The predicted octanol–water partition coefficient (Wildman–Crippen LogP) is 4.23. The number of benzene rings is 1. The van der Waals surface area contributed by atoms with Gasteiger partial charge in [-0.3, -0.25) is 4.40 Å². The molecule has 1 aromatic carbocycles. The van der Waals surface area contributed by atoms with Crippen molar-refractivity contribution in [2.45, 2.75) is 26.7 Å². The topological polar surface area (TPSA) is 50.3 Å². The summed E-state index contributed by atoms with van der Waals surface area (Å²) in [6, 6.07) is 10.2. The molecule has 0 N–H and O–H groups in total. The fourth-order valence-electron chi connectivity index (χ4n) is 2.40. The highest BCUT2D eigenvalue weighted by molar-refractivity contribution is 7.17. The lowest BCUT2D eigenvalue weighted by molar-refractivity contribution is 0.317. The van der Waals surface area contributed by atoms with E-state index in [2.05, 4.69) is 19.9 Å². The van der Waals surface area contributed by atoms with E-state index in [1.807, 2.05) is 34.9 Å². The van der Waals surface area contributed by atoms with Crippen LogP contribution in [0.15, 0.2) is 30.5 Å². The summed E-state index contributed by atoms with van der Waals surface area (Å²) in [5, 5.41) is 9.11. The molecule has 2 aromatic heterocycles. The standard InChI is InChI=1S/C17H17N3OS/c1-3-10-21-14-6-4-13(5-7-14)16-15(8-9-18)20-11-12(2)22-17(20)19-16/h4-7,11H,3,8,10H2,1-2H3. The van der Waals surface area contributed by atoms with Crippen molar-refractivity contribution in [1.29, 1.82) is 5.26 Å². The van der Waals surface area contributed by atoms with E-state index in [1.54, 1.807) is 11.3 Å². The summed E-state index contributed by atoms with van der Waals surface area (Å²) >= 11 is 1.64. The molecule has 3 rings (SSSR count). The first kappa shape index (κ1) is 14.6. The Morgan fingerprint density at radius 1 is 1.32 bits per heavy atom. The molecule has 4 nitrogen and oxygen atoms in total. The minimum atomic E-state index is 0.348. The molecule has 0 saturated heterocycles. The van der Waals surface area contributed by atoms with Crippen molar-refractivity contribution in [3.8, 4) is 23.1 Å². The van der Waals surface area contributed by atoms with Gasteiger partial charge in [0.2, 0.25) is 0 Å². The molecule has 0 bridgehead atoms. The third-order valence-corrected chi connectivity index (χ3v) is 4.29. The summed E-state index contributed by atoms with van der Waals surface area (Å²) < 4.78 is 7.64. The highest BCUT2D eigenvalue weighted by Crippen LogP contribution is 2.29. The van der Waals surface area contributed by atoms with Crippen LogP contribution < -0.4 is 4.74 Å². The van der Waals surface area contributed by atoms with E-state index in [-0.39, 0.29) is 0 Å². The van der Waals surface area contributed by atoms with E-state index < -0.39 is 0 Å². The number of imidazole rings is 1. The van der Waals surface area contributed by atoms with Gasteiger partial charge in [-0.2, -0.15) is 5.26 Å². The molecule has 22 heavy (non-hydrogen) atoms. The summed E-state index contributed by atoms with van der Waals surface area (Å²) in [6.45, 7) is 4.86. The first-order valence-electron chi connectivity index (χ1n) is 7.30. The minimum absolute atomic E-state index is 0.348. The first-order valence-corrected chi connectivity index (χ1v) is 8.12. The molecule has 0 aliphatic carbocycles. The normalized spacial score (nSPS) is 10.8. The molecule has 0 fully saturated rings. The van der Waals surface area contributed by atoms with E-state index >= 15 is 0 Å². The van der Waals surface area contributed by atoms with Crippen LogP contribution in [0.5, 0.6) is 5.75 Å². The van der Waals surface area contributed by atoms with Crippen LogP contribution in [0.3, 0.4) is 0 Å². The Labute approximate surface area is 133 Å². The zero-order chi connectivity index (χ0) is 15.5. The van der Waals surface area contributed by atoms with Crippen molar-refractivity contribution in [1.82, 2.24) is 9.38 Å². The Morgan fingerprint density at radius 2 is 2.09 bits per heavy atom. The minimum Gasteiger partial charge on any atom is -0.494 e. The maximum Gasteiger partial charge on any atom is 0.194 e. The lowest BCUT2D eigenvalue weighted by Gasteiger charge is -2.05. The molecule has 112 valence electrons. The van der Waals surface area contributed by atoms with Crippen LogP contribution >= 0.6 is 11.3 Å². The molecule has 0 aliphatic rings. The fraction of sp³-hybridized carbons (Fsp3) is 0.294. The van der Waals surface area contributed by atoms with Gasteiger partial charge in [0.1, 0.15) is 5.75 Å². The van der Waals surface area contributed by atoms with E-state index in [0.717, 1.165) is 40.7 Å². The second-order valence-corrected chi connectivity index (χ2v) is 6.32. The van der Waals surface area contributed by atoms with Gasteiger partial charge >= 0.3 is 0 Å². The summed E-state index contributed by atoms with van der Waals surface area (Å²) in [6.07, 6.45) is 3.38. The number of rotatable bonds is 5. The highest BCUT2D eigenvalue weighted by Gasteiger charge is 2.15. The van der Waals surface area contributed by atoms with Gasteiger partial charge in [-0.05, 0) is 37.6 Å². The number of thiazole rings is 1. The average Bonchev–Trinajstić information content (AvgIpc) is 3.03. The molecule has 0 aliphatic heterocycles. The Bertz CT molecular complexity index is 824. The molecular weight excluding hydrogens is 294 g/mol. The quantitative estimate of drug-likeness (QED) is 0.708. The van der Waals surface area contributed by atoms with Crippen molar-refractivity contribution in [2.75, 3.05) is 6.61 Å². The second kappa shape index (κ2) is 6.20. The van der Waals surface area contributed by atoms with Crippen molar-refractivity contribution >= 4 is 16.3 Å². The number of aryl methyl sites for hydroxylation is 1. The van der Waals surface area contributed by atoms with Gasteiger partial charge in [-0.15, -0.1) is 11.3 Å². The van der Waals surface area contributed by atoms with Gasteiger partial charge in [0.05, 0.1) is 30.5 Å². The molecule has 0 saturated carbocycles. The number of hydrogen-bond acceptors (Lipinski definition) is 4. The van der Waals surface area contributed by atoms with Gasteiger partial charge in [-0.1, -0.05) is 6.92 Å².